The fraction of sp³-hybridized carbons (Fsp3) is 0.400. The van der Waals surface area contributed by atoms with E-state index < -0.39 is 0 Å². The van der Waals surface area contributed by atoms with Crippen LogP contribution in [0, 0.1) is 0 Å². The Kier molecular flexibility index (Phi) is 4.05. The van der Waals surface area contributed by atoms with Gasteiger partial charge in [0, 0.05) is 16.1 Å². The van der Waals surface area contributed by atoms with Crippen molar-refractivity contribution in [2.45, 2.75) is 31.8 Å². The second kappa shape index (κ2) is 5.97. The molecule has 0 unspecified atom stereocenters. The monoisotopic (exact) mass is 351 g/mol. The number of H-pyrrole nitrogens is 1. The molecule has 0 bridgehead atoms. The highest BCUT2D eigenvalue weighted by Gasteiger charge is 2.22. The van der Waals surface area contributed by atoms with E-state index in [1.807, 2.05) is 12.1 Å². The summed E-state index contributed by atoms with van der Waals surface area (Å²) in [5.41, 5.74) is 7.43. The third-order valence-electron chi connectivity index (χ3n) is 3.71. The van der Waals surface area contributed by atoms with Gasteiger partial charge in [-0.15, -0.1) is 0 Å². The molecule has 1 aliphatic rings. The summed E-state index contributed by atoms with van der Waals surface area (Å²) in [7, 11) is 1.65. The van der Waals surface area contributed by atoms with Crippen LogP contribution in [0.5, 0.6) is 11.5 Å². The van der Waals surface area contributed by atoms with Crippen molar-refractivity contribution in [3.05, 3.63) is 22.7 Å². The molecule has 1 aromatic carbocycles. The van der Waals surface area contributed by atoms with Gasteiger partial charge in [-0.05, 0) is 37.8 Å². The highest BCUT2D eigenvalue weighted by Crippen LogP contribution is 2.42. The van der Waals surface area contributed by atoms with E-state index in [4.69, 9.17) is 15.2 Å². The van der Waals surface area contributed by atoms with Gasteiger partial charge in [-0.3, -0.25) is 5.10 Å². The Labute approximate surface area is 132 Å². The Balaban J connectivity index is 2.05. The molecule has 3 N–H and O–H groups in total. The largest absolute Gasteiger partial charge is 0.493 e. The molecule has 0 radical (unpaired) electrons. The molecule has 1 aromatic heterocycles. The predicted octanol–water partition coefficient (Wildman–Crippen LogP) is 3.75. The number of rotatable bonds is 4. The second-order valence-corrected chi connectivity index (χ2v) is 6.13. The average Bonchev–Trinajstić information content (AvgIpc) is 3.11. The van der Waals surface area contributed by atoms with Crippen molar-refractivity contribution in [2.75, 3.05) is 12.8 Å². The number of hydrogen-bond acceptors (Lipinski definition) is 4. The number of halogens is 1. The molecular formula is C15H18BrN3O2. The van der Waals surface area contributed by atoms with Crippen LogP contribution in [-0.4, -0.2) is 23.4 Å². The number of nitrogens with one attached hydrogen (secondary N) is 1. The molecule has 3 rings (SSSR count). The smallest absolute Gasteiger partial charge is 0.171 e. The van der Waals surface area contributed by atoms with E-state index in [0.717, 1.165) is 34.3 Å². The lowest BCUT2D eigenvalue weighted by atomic mass is 10.1. The third kappa shape index (κ3) is 3.00. The summed E-state index contributed by atoms with van der Waals surface area (Å²) >= 11 is 3.50. The van der Waals surface area contributed by atoms with E-state index in [0.29, 0.717) is 11.6 Å². The number of nitrogen functional groups attached to an aromatic ring is 1. The number of anilines is 1. The van der Waals surface area contributed by atoms with Crippen LogP contribution in [-0.2, 0) is 0 Å². The SMILES string of the molecule is COc1cc(Br)cc(-c2cc(N)n[nH]2)c1OC1CCCC1. The summed E-state index contributed by atoms with van der Waals surface area (Å²) in [6.45, 7) is 0. The van der Waals surface area contributed by atoms with Gasteiger partial charge in [-0.2, -0.15) is 5.10 Å². The minimum atomic E-state index is 0.249. The average molecular weight is 352 g/mol. The number of methoxy groups -OCH3 is 1. The topological polar surface area (TPSA) is 73.2 Å². The summed E-state index contributed by atoms with van der Waals surface area (Å²) in [6, 6.07) is 5.69. The summed E-state index contributed by atoms with van der Waals surface area (Å²) < 4.78 is 12.6. The van der Waals surface area contributed by atoms with Crippen molar-refractivity contribution in [1.82, 2.24) is 10.2 Å². The van der Waals surface area contributed by atoms with E-state index in [2.05, 4.69) is 26.1 Å². The van der Waals surface area contributed by atoms with Gasteiger partial charge in [-0.25, -0.2) is 0 Å². The molecule has 5 nitrogen and oxygen atoms in total. The summed E-state index contributed by atoms with van der Waals surface area (Å²) in [4.78, 5) is 0. The van der Waals surface area contributed by atoms with Crippen LogP contribution in [0.3, 0.4) is 0 Å². The van der Waals surface area contributed by atoms with Crippen molar-refractivity contribution >= 4 is 21.7 Å². The van der Waals surface area contributed by atoms with Gasteiger partial charge in [-0.1, -0.05) is 15.9 Å². The van der Waals surface area contributed by atoms with Crippen molar-refractivity contribution in [1.29, 1.82) is 0 Å². The molecule has 2 aromatic rings. The molecule has 1 fully saturated rings. The molecule has 0 saturated heterocycles. The van der Waals surface area contributed by atoms with Crippen molar-refractivity contribution in [2.24, 2.45) is 0 Å². The maximum Gasteiger partial charge on any atom is 0.171 e. The van der Waals surface area contributed by atoms with Gasteiger partial charge in [0.2, 0.25) is 0 Å². The van der Waals surface area contributed by atoms with Crippen LogP contribution in [0.15, 0.2) is 22.7 Å². The lowest BCUT2D eigenvalue weighted by Gasteiger charge is -2.19. The second-order valence-electron chi connectivity index (χ2n) is 5.22. The number of nitrogens with zero attached hydrogens (tertiary/aromatic N) is 1. The van der Waals surface area contributed by atoms with E-state index in [9.17, 15) is 0 Å². The van der Waals surface area contributed by atoms with Crippen LogP contribution >= 0.6 is 15.9 Å². The number of hydrogen-bond donors (Lipinski definition) is 2. The molecule has 0 aliphatic heterocycles. The standard InChI is InChI=1S/C15H18BrN3O2/c1-20-13-7-9(16)6-11(12-8-14(17)19-18-12)15(13)21-10-4-2-3-5-10/h6-8,10H,2-5H2,1H3,(H3,17,18,19). The Morgan fingerprint density at radius 1 is 1.29 bits per heavy atom. The first-order valence-electron chi connectivity index (χ1n) is 7.03. The Bertz CT molecular complexity index is 636. The van der Waals surface area contributed by atoms with Gasteiger partial charge >= 0.3 is 0 Å². The first-order valence-corrected chi connectivity index (χ1v) is 7.82. The predicted molar refractivity (Wildman–Crippen MR) is 85.6 cm³/mol. The zero-order chi connectivity index (χ0) is 14.8. The van der Waals surface area contributed by atoms with Crippen molar-refractivity contribution < 1.29 is 9.47 Å². The van der Waals surface area contributed by atoms with Crippen LogP contribution in [0.4, 0.5) is 5.82 Å². The maximum atomic E-state index is 6.21. The van der Waals surface area contributed by atoms with E-state index in [-0.39, 0.29) is 6.10 Å². The molecule has 112 valence electrons. The Morgan fingerprint density at radius 2 is 2.05 bits per heavy atom. The number of ether oxygens (including phenoxy) is 2. The minimum Gasteiger partial charge on any atom is -0.493 e. The molecule has 1 saturated carbocycles. The molecule has 0 spiro atoms. The summed E-state index contributed by atoms with van der Waals surface area (Å²) in [6.07, 6.45) is 4.86. The van der Waals surface area contributed by atoms with Crippen LogP contribution < -0.4 is 15.2 Å². The fourth-order valence-corrected chi connectivity index (χ4v) is 3.13. The third-order valence-corrected chi connectivity index (χ3v) is 4.17. The number of aromatic amines is 1. The Hall–Kier alpha value is -1.69. The number of nitrogens with two attached hydrogens (primary N) is 1. The van der Waals surface area contributed by atoms with Crippen LogP contribution in [0.1, 0.15) is 25.7 Å². The lowest BCUT2D eigenvalue weighted by molar-refractivity contribution is 0.201. The van der Waals surface area contributed by atoms with Gasteiger partial charge in [0.05, 0.1) is 18.9 Å². The van der Waals surface area contributed by atoms with Gasteiger partial charge < -0.3 is 15.2 Å². The number of benzene rings is 1. The van der Waals surface area contributed by atoms with Crippen molar-refractivity contribution in [3.63, 3.8) is 0 Å². The number of aromatic nitrogens is 2. The molecule has 21 heavy (non-hydrogen) atoms. The van der Waals surface area contributed by atoms with Crippen LogP contribution in [0.25, 0.3) is 11.3 Å². The van der Waals surface area contributed by atoms with Gasteiger partial charge in [0.25, 0.3) is 0 Å². The summed E-state index contributed by atoms with van der Waals surface area (Å²) in [5.74, 6) is 1.91. The molecule has 6 heteroatoms. The molecule has 0 atom stereocenters. The first-order chi connectivity index (χ1) is 10.2. The minimum absolute atomic E-state index is 0.249. The zero-order valence-corrected chi connectivity index (χ0v) is 13.4. The lowest BCUT2D eigenvalue weighted by Crippen LogP contribution is -2.12. The van der Waals surface area contributed by atoms with Crippen LogP contribution in [0.2, 0.25) is 0 Å². The molecular weight excluding hydrogens is 334 g/mol. The summed E-state index contributed by atoms with van der Waals surface area (Å²) in [5, 5.41) is 6.93. The highest BCUT2D eigenvalue weighted by molar-refractivity contribution is 9.10. The first kappa shape index (κ1) is 14.3. The highest BCUT2D eigenvalue weighted by atomic mass is 79.9. The van der Waals surface area contributed by atoms with Gasteiger partial charge in [0.1, 0.15) is 5.82 Å². The van der Waals surface area contributed by atoms with Crippen molar-refractivity contribution in [3.8, 4) is 22.8 Å². The quantitative estimate of drug-likeness (QED) is 0.879. The van der Waals surface area contributed by atoms with E-state index in [1.165, 1.54) is 12.8 Å². The normalized spacial score (nSPS) is 15.3. The maximum absolute atomic E-state index is 6.21. The van der Waals surface area contributed by atoms with E-state index in [1.54, 1.807) is 13.2 Å². The van der Waals surface area contributed by atoms with Gasteiger partial charge in [0.15, 0.2) is 11.5 Å². The molecule has 1 aliphatic carbocycles. The zero-order valence-electron chi connectivity index (χ0n) is 11.9. The molecule has 1 heterocycles. The fourth-order valence-electron chi connectivity index (χ4n) is 2.69. The molecule has 0 amide bonds. The van der Waals surface area contributed by atoms with E-state index >= 15 is 0 Å². The Morgan fingerprint density at radius 3 is 2.67 bits per heavy atom.